The summed E-state index contributed by atoms with van der Waals surface area (Å²) in [6.45, 7) is -0.578. The first-order chi connectivity index (χ1) is 13.4. The molecule has 3 aromatic carbocycles. The maximum absolute atomic E-state index is 13.4. The van der Waals surface area contributed by atoms with Crippen LogP contribution >= 0.6 is 0 Å². The van der Waals surface area contributed by atoms with E-state index < -0.39 is 12.1 Å². The molecule has 1 aliphatic rings. The van der Waals surface area contributed by atoms with Crippen molar-refractivity contribution in [3.63, 3.8) is 0 Å². The maximum atomic E-state index is 13.4. The van der Waals surface area contributed by atoms with Gasteiger partial charge in [0, 0.05) is 20.1 Å². The molecule has 1 radical (unpaired) electrons. The molecule has 0 unspecified atom stereocenters. The largest absolute Gasteiger partial charge is 0.253 e. The van der Waals surface area contributed by atoms with Crippen molar-refractivity contribution in [3.8, 4) is 11.1 Å². The van der Waals surface area contributed by atoms with Gasteiger partial charge >= 0.3 is 0 Å². The molecule has 0 amide bonds. The Kier molecular flexibility index (Phi) is 4.97. The number of alkyl halides is 1. The van der Waals surface area contributed by atoms with Crippen LogP contribution in [0.1, 0.15) is 28.1 Å². The van der Waals surface area contributed by atoms with Crippen LogP contribution in [0.2, 0.25) is 0 Å². The molecule has 1 nitrogen and oxygen atoms in total. The smallest absolute Gasteiger partial charge is 0.131 e. The summed E-state index contributed by atoms with van der Waals surface area (Å²) in [6.07, 6.45) is 0. The van der Waals surface area contributed by atoms with Crippen LogP contribution in [-0.4, -0.2) is 4.98 Å². The van der Waals surface area contributed by atoms with E-state index in [1.165, 1.54) is 11.1 Å². The van der Waals surface area contributed by atoms with Gasteiger partial charge < -0.3 is 0 Å². The summed E-state index contributed by atoms with van der Waals surface area (Å²) in [4.78, 5) is 4.72. The molecule has 5 rings (SSSR count). The number of benzene rings is 3. The molecule has 0 N–H and O–H groups in total. The first kappa shape index (κ1) is 18.7. The third-order valence-electron chi connectivity index (χ3n) is 5.39. The van der Waals surface area contributed by atoms with Crippen molar-refractivity contribution in [2.75, 3.05) is 0 Å². The van der Waals surface area contributed by atoms with Gasteiger partial charge in [-0.25, -0.2) is 4.39 Å². The van der Waals surface area contributed by atoms with Gasteiger partial charge in [0.25, 0.3) is 0 Å². The molecule has 4 aromatic rings. The van der Waals surface area contributed by atoms with E-state index in [1.807, 2.05) is 30.3 Å². The SMILES string of the molecule is FCc1cccc(C2(c3[c-]cccc3)c3ccccc3-c3ccccc32)n1.[Ir]. The van der Waals surface area contributed by atoms with E-state index in [2.05, 4.69) is 60.7 Å². The Labute approximate surface area is 177 Å². The van der Waals surface area contributed by atoms with Crippen molar-refractivity contribution >= 4 is 0 Å². The summed E-state index contributed by atoms with van der Waals surface area (Å²) in [7, 11) is 0. The zero-order valence-corrected chi connectivity index (χ0v) is 17.4. The third-order valence-corrected chi connectivity index (χ3v) is 5.39. The van der Waals surface area contributed by atoms with Gasteiger partial charge in [-0.1, -0.05) is 54.6 Å². The topological polar surface area (TPSA) is 12.9 Å². The van der Waals surface area contributed by atoms with E-state index in [4.69, 9.17) is 4.98 Å². The number of hydrogen-bond donors (Lipinski definition) is 0. The van der Waals surface area contributed by atoms with Crippen molar-refractivity contribution in [2.24, 2.45) is 0 Å². The molecule has 0 bridgehead atoms. The monoisotopic (exact) mass is 543 g/mol. The minimum atomic E-state index is -0.598. The molecule has 3 heteroatoms. The van der Waals surface area contributed by atoms with Gasteiger partial charge in [0.05, 0.1) is 16.8 Å². The second-order valence-corrected chi connectivity index (χ2v) is 6.77. The Hall–Kier alpha value is -2.61. The van der Waals surface area contributed by atoms with E-state index in [-0.39, 0.29) is 20.1 Å². The van der Waals surface area contributed by atoms with E-state index in [0.717, 1.165) is 22.4 Å². The van der Waals surface area contributed by atoms with Gasteiger partial charge in [0.15, 0.2) is 0 Å². The summed E-state index contributed by atoms with van der Waals surface area (Å²) >= 11 is 0. The number of halogens is 1. The van der Waals surface area contributed by atoms with Gasteiger partial charge in [-0.05, 0) is 34.4 Å². The van der Waals surface area contributed by atoms with Gasteiger partial charge in [-0.2, -0.15) is 30.3 Å². The number of aromatic nitrogens is 1. The molecule has 1 aliphatic carbocycles. The first-order valence-electron chi connectivity index (χ1n) is 9.04. The van der Waals surface area contributed by atoms with Crippen LogP contribution in [0.3, 0.4) is 0 Å². The Balaban J connectivity index is 0.00000192. The zero-order valence-electron chi connectivity index (χ0n) is 15.0. The number of nitrogens with zero attached hydrogens (tertiary/aromatic N) is 1. The van der Waals surface area contributed by atoms with Gasteiger partial charge in [-0.3, -0.25) is 4.98 Å². The fourth-order valence-electron chi connectivity index (χ4n) is 4.33. The molecule has 0 atom stereocenters. The van der Waals surface area contributed by atoms with Crippen LogP contribution in [0.25, 0.3) is 11.1 Å². The van der Waals surface area contributed by atoms with Crippen LogP contribution in [0.5, 0.6) is 0 Å². The fourth-order valence-corrected chi connectivity index (χ4v) is 4.33. The summed E-state index contributed by atoms with van der Waals surface area (Å²) in [6, 6.07) is 33.9. The summed E-state index contributed by atoms with van der Waals surface area (Å²) in [5.74, 6) is 0. The fraction of sp³-hybridized carbons (Fsp3) is 0.0800. The van der Waals surface area contributed by atoms with Crippen LogP contribution in [0, 0.1) is 6.07 Å². The molecule has 0 saturated carbocycles. The Morgan fingerprint density at radius 1 is 0.750 bits per heavy atom. The molecular weight excluding hydrogens is 525 g/mol. The van der Waals surface area contributed by atoms with Crippen LogP contribution in [-0.2, 0) is 32.2 Å². The van der Waals surface area contributed by atoms with Crippen LogP contribution < -0.4 is 0 Å². The van der Waals surface area contributed by atoms with Crippen molar-refractivity contribution in [3.05, 3.63) is 125 Å². The average Bonchev–Trinajstić information content (AvgIpc) is 3.06. The number of hydrogen-bond acceptors (Lipinski definition) is 1. The summed E-state index contributed by atoms with van der Waals surface area (Å²) in [5.41, 5.74) is 6.41. The Bertz CT molecular complexity index is 1080. The second-order valence-electron chi connectivity index (χ2n) is 6.77. The quantitative estimate of drug-likeness (QED) is 0.266. The van der Waals surface area contributed by atoms with E-state index >= 15 is 0 Å². The van der Waals surface area contributed by atoms with Crippen LogP contribution in [0.4, 0.5) is 4.39 Å². The average molecular weight is 543 g/mol. The summed E-state index contributed by atoms with van der Waals surface area (Å²) < 4.78 is 13.4. The van der Waals surface area contributed by atoms with Gasteiger partial charge in [-0.15, -0.1) is 5.56 Å². The molecule has 0 fully saturated rings. The number of pyridine rings is 1. The molecule has 1 aromatic heterocycles. The molecule has 139 valence electrons. The van der Waals surface area contributed by atoms with Crippen molar-refractivity contribution < 1.29 is 24.5 Å². The zero-order chi connectivity index (χ0) is 18.3. The molecule has 28 heavy (non-hydrogen) atoms. The Morgan fingerprint density at radius 2 is 1.39 bits per heavy atom. The third kappa shape index (κ3) is 2.58. The predicted octanol–water partition coefficient (Wildman–Crippen LogP) is 5.71. The van der Waals surface area contributed by atoms with Gasteiger partial charge in [0.2, 0.25) is 0 Å². The normalized spacial score (nSPS) is 13.3. The minimum absolute atomic E-state index is 0. The molecule has 0 spiro atoms. The predicted molar refractivity (Wildman–Crippen MR) is 105 cm³/mol. The molecule has 0 saturated heterocycles. The second kappa shape index (κ2) is 7.43. The van der Waals surface area contributed by atoms with Crippen LogP contribution in [0.15, 0.2) is 91.0 Å². The van der Waals surface area contributed by atoms with Gasteiger partial charge in [0.1, 0.15) is 6.67 Å². The molecule has 1 heterocycles. The van der Waals surface area contributed by atoms with Crippen molar-refractivity contribution in [1.29, 1.82) is 0 Å². The van der Waals surface area contributed by atoms with E-state index in [9.17, 15) is 4.39 Å². The first-order valence-corrected chi connectivity index (χ1v) is 9.04. The number of fused-ring (bicyclic) bond motifs is 3. The maximum Gasteiger partial charge on any atom is 0.131 e. The standard InChI is InChI=1S/C25H17FN.Ir/c26-17-19-11-8-16-24(27-19)25(18-9-2-1-3-10-18)22-14-6-4-12-20(22)21-13-5-7-15-23(21)25;/h1-9,11-16H,17H2;/q-1;. The minimum Gasteiger partial charge on any atom is -0.253 e. The van der Waals surface area contributed by atoms with Crippen molar-refractivity contribution in [2.45, 2.75) is 12.1 Å². The summed E-state index contributed by atoms with van der Waals surface area (Å²) in [5, 5.41) is 0. The number of rotatable bonds is 3. The van der Waals surface area contributed by atoms with Crippen molar-refractivity contribution in [1.82, 2.24) is 4.98 Å². The Morgan fingerprint density at radius 3 is 2.00 bits per heavy atom. The van der Waals surface area contributed by atoms with E-state index in [1.54, 1.807) is 6.07 Å². The van der Waals surface area contributed by atoms with E-state index in [0.29, 0.717) is 5.69 Å². The molecular formula is C25H17FIrN-. The molecule has 0 aliphatic heterocycles.